The van der Waals surface area contributed by atoms with Crippen LogP contribution in [0.15, 0.2) is 48.5 Å². The largest absolute Gasteiger partial charge is 0.508 e. The third kappa shape index (κ3) is 8.28. The highest BCUT2D eigenvalue weighted by atomic mass is 35.5. The molecule has 2 aromatic rings. The molecule has 0 unspecified atom stereocenters. The Morgan fingerprint density at radius 2 is 1.28 bits per heavy atom. The Bertz CT molecular complexity index is 581. The maximum absolute atomic E-state index is 9.60. The van der Waals surface area contributed by atoms with Crippen molar-refractivity contribution in [1.29, 1.82) is 0 Å². The lowest BCUT2D eigenvalue weighted by molar-refractivity contribution is 0.263. The minimum absolute atomic E-state index is 0. The highest BCUT2D eigenvalue weighted by molar-refractivity contribution is 5.85. The topological polar surface area (TPSA) is 43.7 Å². The van der Waals surface area contributed by atoms with Gasteiger partial charge in [0.25, 0.3) is 0 Å². The minimum Gasteiger partial charge on any atom is -0.508 e. The van der Waals surface area contributed by atoms with Gasteiger partial charge in [0.05, 0.1) is 0 Å². The smallest absolute Gasteiger partial charge is 0.115 e. The van der Waals surface area contributed by atoms with Crippen molar-refractivity contribution in [1.82, 2.24) is 4.90 Å². The van der Waals surface area contributed by atoms with Crippen molar-refractivity contribution in [2.24, 2.45) is 5.92 Å². The van der Waals surface area contributed by atoms with Crippen molar-refractivity contribution in [3.63, 3.8) is 0 Å². The molecule has 138 valence electrons. The summed E-state index contributed by atoms with van der Waals surface area (Å²) < 4.78 is 0. The van der Waals surface area contributed by atoms with Gasteiger partial charge in [-0.15, -0.1) is 12.4 Å². The van der Waals surface area contributed by atoms with Crippen LogP contribution in [0.5, 0.6) is 11.5 Å². The fourth-order valence-corrected chi connectivity index (χ4v) is 2.77. The molecule has 0 heterocycles. The van der Waals surface area contributed by atoms with Crippen LogP contribution in [-0.2, 0) is 12.8 Å². The van der Waals surface area contributed by atoms with Crippen LogP contribution in [0, 0.1) is 5.92 Å². The molecular weight excluding hydrogens is 334 g/mol. The van der Waals surface area contributed by atoms with Crippen molar-refractivity contribution in [2.75, 3.05) is 19.6 Å². The van der Waals surface area contributed by atoms with Gasteiger partial charge in [0.15, 0.2) is 0 Å². The van der Waals surface area contributed by atoms with E-state index in [1.54, 1.807) is 12.1 Å². The van der Waals surface area contributed by atoms with Gasteiger partial charge < -0.3 is 15.1 Å². The second-order valence-electron chi connectivity index (χ2n) is 6.86. The Kier molecular flexibility index (Phi) is 9.40. The van der Waals surface area contributed by atoms with Crippen LogP contribution >= 0.6 is 12.4 Å². The maximum Gasteiger partial charge on any atom is 0.115 e. The van der Waals surface area contributed by atoms with Crippen LogP contribution < -0.4 is 0 Å². The predicted molar refractivity (Wildman–Crippen MR) is 107 cm³/mol. The minimum atomic E-state index is 0. The Balaban J connectivity index is 0.00000312. The van der Waals surface area contributed by atoms with Gasteiger partial charge in [-0.25, -0.2) is 0 Å². The van der Waals surface area contributed by atoms with E-state index in [4.69, 9.17) is 0 Å². The Labute approximate surface area is 157 Å². The zero-order valence-electron chi connectivity index (χ0n) is 15.2. The van der Waals surface area contributed by atoms with Crippen molar-refractivity contribution >= 4 is 12.4 Å². The molecule has 0 saturated carbocycles. The van der Waals surface area contributed by atoms with E-state index in [9.17, 15) is 10.2 Å². The van der Waals surface area contributed by atoms with Crippen LogP contribution in [-0.4, -0.2) is 34.7 Å². The molecule has 25 heavy (non-hydrogen) atoms. The molecule has 0 spiro atoms. The first-order valence-electron chi connectivity index (χ1n) is 8.81. The fourth-order valence-electron chi connectivity index (χ4n) is 2.77. The first-order chi connectivity index (χ1) is 11.5. The van der Waals surface area contributed by atoms with E-state index < -0.39 is 0 Å². The number of nitrogens with zero attached hydrogens (tertiary/aromatic N) is 1. The van der Waals surface area contributed by atoms with E-state index in [2.05, 4.69) is 30.9 Å². The number of benzene rings is 2. The van der Waals surface area contributed by atoms with Gasteiger partial charge in [-0.3, -0.25) is 0 Å². The summed E-state index contributed by atoms with van der Waals surface area (Å²) >= 11 is 0. The summed E-state index contributed by atoms with van der Waals surface area (Å²) in [5, 5.41) is 19.2. The van der Waals surface area contributed by atoms with Crippen LogP contribution in [0.1, 0.15) is 31.4 Å². The first kappa shape index (κ1) is 21.3. The molecule has 2 N–H and O–H groups in total. The van der Waals surface area contributed by atoms with Gasteiger partial charge in [-0.1, -0.05) is 38.1 Å². The molecule has 0 fully saturated rings. The number of hydrogen-bond donors (Lipinski definition) is 2. The number of rotatable bonds is 9. The first-order valence-corrected chi connectivity index (χ1v) is 8.81. The summed E-state index contributed by atoms with van der Waals surface area (Å²) in [6, 6.07) is 15.0. The number of hydrogen-bond acceptors (Lipinski definition) is 3. The molecule has 0 bridgehead atoms. The monoisotopic (exact) mass is 363 g/mol. The van der Waals surface area contributed by atoms with Crippen molar-refractivity contribution < 1.29 is 10.2 Å². The number of aromatic hydroxyl groups is 2. The van der Waals surface area contributed by atoms with Crippen LogP contribution in [0.2, 0.25) is 0 Å². The summed E-state index contributed by atoms with van der Waals surface area (Å²) in [6.45, 7) is 7.55. The molecule has 2 aromatic carbocycles. The molecule has 0 atom stereocenters. The molecule has 3 nitrogen and oxygen atoms in total. The van der Waals surface area contributed by atoms with Gasteiger partial charge in [0.1, 0.15) is 11.5 Å². The summed E-state index contributed by atoms with van der Waals surface area (Å²) in [7, 11) is 0. The normalized spacial score (nSPS) is 10.9. The average molecular weight is 364 g/mol. The van der Waals surface area contributed by atoms with Gasteiger partial charge in [0, 0.05) is 13.1 Å². The van der Waals surface area contributed by atoms with E-state index in [-0.39, 0.29) is 12.4 Å². The number of halogens is 1. The van der Waals surface area contributed by atoms with Crippen LogP contribution in [0.3, 0.4) is 0 Å². The molecule has 0 amide bonds. The molecule has 4 heteroatoms. The van der Waals surface area contributed by atoms with Gasteiger partial charge in [0.2, 0.25) is 0 Å². The highest BCUT2D eigenvalue weighted by Crippen LogP contribution is 2.14. The van der Waals surface area contributed by atoms with E-state index in [0.29, 0.717) is 17.4 Å². The van der Waals surface area contributed by atoms with E-state index in [1.165, 1.54) is 17.5 Å². The van der Waals surface area contributed by atoms with E-state index in [0.717, 1.165) is 32.5 Å². The Hall–Kier alpha value is -1.71. The SMILES string of the molecule is CC(C)CCN(CCc1cccc(O)c1)CCc1cccc(O)c1.Cl. The second kappa shape index (κ2) is 11.0. The molecule has 0 aliphatic heterocycles. The van der Waals surface area contributed by atoms with Crippen LogP contribution in [0.25, 0.3) is 0 Å². The molecule has 2 rings (SSSR count). The fraction of sp³-hybridized carbons (Fsp3) is 0.429. The quantitative estimate of drug-likeness (QED) is 0.681. The molecule has 0 radical (unpaired) electrons. The standard InChI is InChI=1S/C21H29NO2.ClH/c1-17(2)9-12-22(13-10-18-5-3-7-20(23)15-18)14-11-19-6-4-8-21(24)16-19;/h3-8,15-17,23-24H,9-14H2,1-2H3;1H. The van der Waals surface area contributed by atoms with Crippen molar-refractivity contribution in [2.45, 2.75) is 33.1 Å². The predicted octanol–water partition coefficient (Wildman–Crippen LogP) is 4.65. The number of phenolic OH excluding ortho intramolecular Hbond substituents is 2. The second-order valence-corrected chi connectivity index (χ2v) is 6.86. The zero-order valence-corrected chi connectivity index (χ0v) is 16.0. The van der Waals surface area contributed by atoms with E-state index >= 15 is 0 Å². The third-order valence-electron chi connectivity index (χ3n) is 4.28. The van der Waals surface area contributed by atoms with Crippen molar-refractivity contribution in [3.05, 3.63) is 59.7 Å². The zero-order chi connectivity index (χ0) is 17.4. The summed E-state index contributed by atoms with van der Waals surface area (Å²) in [5.41, 5.74) is 2.34. The molecule has 0 aromatic heterocycles. The Morgan fingerprint density at radius 3 is 1.68 bits per heavy atom. The number of phenols is 2. The molecule has 0 aliphatic carbocycles. The lowest BCUT2D eigenvalue weighted by Crippen LogP contribution is -2.30. The van der Waals surface area contributed by atoms with Gasteiger partial charge in [-0.05, 0) is 67.1 Å². The third-order valence-corrected chi connectivity index (χ3v) is 4.28. The summed E-state index contributed by atoms with van der Waals surface area (Å²) in [4.78, 5) is 2.48. The molecule has 0 saturated heterocycles. The highest BCUT2D eigenvalue weighted by Gasteiger charge is 2.08. The van der Waals surface area contributed by atoms with E-state index in [1.807, 2.05) is 24.3 Å². The van der Waals surface area contributed by atoms with Crippen molar-refractivity contribution in [3.8, 4) is 11.5 Å². The van der Waals surface area contributed by atoms with Gasteiger partial charge in [-0.2, -0.15) is 0 Å². The maximum atomic E-state index is 9.60. The van der Waals surface area contributed by atoms with Crippen LogP contribution in [0.4, 0.5) is 0 Å². The summed E-state index contributed by atoms with van der Waals surface area (Å²) in [5.74, 6) is 1.36. The molecule has 0 aliphatic rings. The van der Waals surface area contributed by atoms with Gasteiger partial charge >= 0.3 is 0 Å². The average Bonchev–Trinajstić information content (AvgIpc) is 2.54. The Morgan fingerprint density at radius 1 is 0.800 bits per heavy atom. The lowest BCUT2D eigenvalue weighted by Gasteiger charge is -2.23. The molecular formula is C21H30ClNO2. The summed E-state index contributed by atoms with van der Waals surface area (Å²) in [6.07, 6.45) is 3.05. The lowest BCUT2D eigenvalue weighted by atomic mass is 10.1.